The van der Waals surface area contributed by atoms with Crippen LogP contribution >= 0.6 is 11.6 Å². The van der Waals surface area contributed by atoms with Gasteiger partial charge in [0.05, 0.1) is 17.5 Å². The van der Waals surface area contributed by atoms with Crippen LogP contribution in [0.4, 0.5) is 0 Å². The Morgan fingerprint density at radius 3 is 2.77 bits per heavy atom. The molecule has 26 heavy (non-hydrogen) atoms. The van der Waals surface area contributed by atoms with Gasteiger partial charge in [0.25, 0.3) is 5.65 Å². The second-order valence-corrected chi connectivity index (χ2v) is 6.67. The molecule has 0 radical (unpaired) electrons. The summed E-state index contributed by atoms with van der Waals surface area (Å²) in [6.45, 7) is 4.24. The minimum atomic E-state index is -0.0997. The number of pyridine rings is 1. The third kappa shape index (κ3) is 2.80. The van der Waals surface area contributed by atoms with Gasteiger partial charge in [-0.05, 0) is 37.6 Å². The number of aromatic nitrogens is 3. The number of nitrogens with zero attached hydrogens (tertiary/aromatic N) is 3. The van der Waals surface area contributed by atoms with Crippen LogP contribution in [0, 0.1) is 13.8 Å². The van der Waals surface area contributed by atoms with Gasteiger partial charge in [-0.15, -0.1) is 0 Å². The summed E-state index contributed by atoms with van der Waals surface area (Å²) < 4.78 is 8.95. The van der Waals surface area contributed by atoms with Crippen LogP contribution in [-0.2, 0) is 6.54 Å². The summed E-state index contributed by atoms with van der Waals surface area (Å²) in [5.41, 5.74) is 3.76. The molecular formula is C20H17ClN3O2+. The van der Waals surface area contributed by atoms with Gasteiger partial charge in [0.15, 0.2) is 0 Å². The first-order valence-electron chi connectivity index (χ1n) is 8.26. The minimum Gasteiger partial charge on any atom is -0.361 e. The Hall–Kier alpha value is -2.92. The number of hydrogen-bond acceptors (Lipinski definition) is 3. The zero-order valence-electron chi connectivity index (χ0n) is 14.4. The van der Waals surface area contributed by atoms with E-state index in [9.17, 15) is 4.79 Å². The maximum Gasteiger partial charge on any atom is 0.350 e. The second-order valence-electron chi connectivity index (χ2n) is 6.23. The van der Waals surface area contributed by atoms with E-state index in [1.807, 2.05) is 67.1 Å². The third-order valence-electron chi connectivity index (χ3n) is 4.41. The molecule has 0 spiro atoms. The number of hydrogen-bond donors (Lipinski definition) is 0. The molecule has 5 nitrogen and oxygen atoms in total. The molecule has 4 aromatic rings. The van der Waals surface area contributed by atoms with Gasteiger partial charge in [0, 0.05) is 11.1 Å². The molecule has 3 heterocycles. The topological polar surface area (TPSA) is 51.4 Å². The molecule has 6 heteroatoms. The van der Waals surface area contributed by atoms with E-state index in [-0.39, 0.29) is 5.56 Å². The molecule has 0 N–H and O–H groups in total. The first-order chi connectivity index (χ1) is 12.5. The molecule has 0 unspecified atom stereocenters. The molecule has 0 saturated heterocycles. The molecule has 0 aliphatic rings. The third-order valence-corrected chi connectivity index (χ3v) is 4.65. The molecule has 0 aliphatic heterocycles. The van der Waals surface area contributed by atoms with Crippen LogP contribution in [0.3, 0.4) is 0 Å². The van der Waals surface area contributed by atoms with Gasteiger partial charge in [-0.1, -0.05) is 35.0 Å². The van der Waals surface area contributed by atoms with Crippen LogP contribution in [0.15, 0.2) is 64.2 Å². The Bertz CT molecular complexity index is 1160. The second kappa shape index (κ2) is 6.42. The van der Waals surface area contributed by atoms with Gasteiger partial charge in [-0.2, -0.15) is 4.40 Å². The minimum absolute atomic E-state index is 0.0997. The quantitative estimate of drug-likeness (QED) is 0.521. The lowest BCUT2D eigenvalue weighted by molar-refractivity contribution is -0.665. The molecule has 0 bridgehead atoms. The fourth-order valence-electron chi connectivity index (χ4n) is 3.24. The van der Waals surface area contributed by atoms with Crippen LogP contribution in [-0.4, -0.2) is 9.56 Å². The average Bonchev–Trinajstić information content (AvgIpc) is 2.96. The predicted molar refractivity (Wildman–Crippen MR) is 99.4 cm³/mol. The largest absolute Gasteiger partial charge is 0.361 e. The fraction of sp³-hybridized carbons (Fsp3) is 0.150. The van der Waals surface area contributed by atoms with Crippen molar-refractivity contribution < 1.29 is 9.09 Å². The highest BCUT2D eigenvalue weighted by Gasteiger charge is 2.22. The van der Waals surface area contributed by atoms with Crippen LogP contribution in [0.25, 0.3) is 16.8 Å². The predicted octanol–water partition coefficient (Wildman–Crippen LogP) is 3.56. The highest BCUT2D eigenvalue weighted by atomic mass is 35.5. The molecular weight excluding hydrogens is 350 g/mol. The van der Waals surface area contributed by atoms with Crippen molar-refractivity contribution in [1.82, 2.24) is 9.56 Å². The molecule has 0 atom stereocenters. The lowest BCUT2D eigenvalue weighted by Gasteiger charge is -2.07. The zero-order valence-corrected chi connectivity index (χ0v) is 15.2. The summed E-state index contributed by atoms with van der Waals surface area (Å²) in [6, 6.07) is 13.4. The highest BCUT2D eigenvalue weighted by Crippen LogP contribution is 2.23. The molecule has 130 valence electrons. The normalized spacial score (nSPS) is 11.2. The van der Waals surface area contributed by atoms with Gasteiger partial charge >= 0.3 is 5.56 Å². The Kier molecular flexibility index (Phi) is 4.09. The van der Waals surface area contributed by atoms with E-state index in [1.54, 1.807) is 10.6 Å². The fourth-order valence-corrected chi connectivity index (χ4v) is 3.46. The molecule has 0 saturated carbocycles. The van der Waals surface area contributed by atoms with Crippen LogP contribution < -0.4 is 10.1 Å². The van der Waals surface area contributed by atoms with Crippen molar-refractivity contribution in [1.29, 1.82) is 0 Å². The van der Waals surface area contributed by atoms with E-state index in [0.717, 1.165) is 16.8 Å². The van der Waals surface area contributed by atoms with Crippen LogP contribution in [0.5, 0.6) is 0 Å². The van der Waals surface area contributed by atoms with E-state index in [2.05, 4.69) is 5.16 Å². The maximum atomic E-state index is 13.0. The van der Waals surface area contributed by atoms with Gasteiger partial charge in [-0.3, -0.25) is 0 Å². The van der Waals surface area contributed by atoms with E-state index in [0.29, 0.717) is 28.6 Å². The Balaban J connectivity index is 1.98. The van der Waals surface area contributed by atoms with Gasteiger partial charge in [0.1, 0.15) is 24.1 Å². The lowest BCUT2D eigenvalue weighted by atomic mass is 10.1. The van der Waals surface area contributed by atoms with E-state index in [4.69, 9.17) is 16.1 Å². The van der Waals surface area contributed by atoms with Crippen molar-refractivity contribution in [2.75, 3.05) is 0 Å². The van der Waals surface area contributed by atoms with Crippen molar-refractivity contribution in [3.8, 4) is 11.1 Å². The summed E-state index contributed by atoms with van der Waals surface area (Å²) in [7, 11) is 0. The molecule has 0 amide bonds. The van der Waals surface area contributed by atoms with Crippen molar-refractivity contribution in [2.24, 2.45) is 0 Å². The van der Waals surface area contributed by atoms with E-state index >= 15 is 0 Å². The summed E-state index contributed by atoms with van der Waals surface area (Å²) in [5.74, 6) is 0.629. The number of benzene rings is 1. The SMILES string of the molecule is Cc1noc(C)c1-c1c[n+](Cc2cccc(Cl)c2)c2ccccn2c1=O. The summed E-state index contributed by atoms with van der Waals surface area (Å²) in [5, 5.41) is 4.68. The summed E-state index contributed by atoms with van der Waals surface area (Å²) >= 11 is 6.12. The van der Waals surface area contributed by atoms with E-state index in [1.165, 1.54) is 0 Å². The van der Waals surface area contributed by atoms with Crippen molar-refractivity contribution in [2.45, 2.75) is 20.4 Å². The Labute approximate surface area is 155 Å². The molecule has 1 aromatic carbocycles. The standard InChI is InChI=1S/C20H17ClN3O2/c1-13-19(14(2)26-22-13)17-12-23(11-15-6-5-7-16(21)10-15)18-8-3-4-9-24(18)20(17)25/h3-10,12H,11H2,1-2H3/q+1. The first kappa shape index (κ1) is 16.5. The number of fused-ring (bicyclic) bond motifs is 1. The van der Waals surface area contributed by atoms with Gasteiger partial charge in [-0.25, -0.2) is 9.36 Å². The Morgan fingerprint density at radius 1 is 1.19 bits per heavy atom. The monoisotopic (exact) mass is 366 g/mol. The number of rotatable bonds is 3. The Morgan fingerprint density at radius 2 is 2.04 bits per heavy atom. The number of aryl methyl sites for hydroxylation is 2. The lowest BCUT2D eigenvalue weighted by Crippen LogP contribution is -2.40. The average molecular weight is 367 g/mol. The smallest absolute Gasteiger partial charge is 0.350 e. The molecule has 0 aliphatic carbocycles. The summed E-state index contributed by atoms with van der Waals surface area (Å²) in [6.07, 6.45) is 3.64. The molecule has 0 fully saturated rings. The van der Waals surface area contributed by atoms with Crippen molar-refractivity contribution >= 4 is 17.2 Å². The van der Waals surface area contributed by atoms with Gasteiger partial charge in [0.2, 0.25) is 0 Å². The van der Waals surface area contributed by atoms with Crippen molar-refractivity contribution in [3.05, 3.63) is 87.3 Å². The van der Waals surface area contributed by atoms with Gasteiger partial charge < -0.3 is 4.52 Å². The molecule has 4 rings (SSSR count). The first-order valence-corrected chi connectivity index (χ1v) is 8.64. The zero-order chi connectivity index (χ0) is 18.3. The van der Waals surface area contributed by atoms with Crippen LogP contribution in [0.1, 0.15) is 17.0 Å². The summed E-state index contributed by atoms with van der Waals surface area (Å²) in [4.78, 5) is 13.0. The van der Waals surface area contributed by atoms with Crippen LogP contribution in [0.2, 0.25) is 5.02 Å². The number of halogens is 1. The maximum absolute atomic E-state index is 13.0. The van der Waals surface area contributed by atoms with Crippen molar-refractivity contribution in [3.63, 3.8) is 0 Å². The highest BCUT2D eigenvalue weighted by molar-refractivity contribution is 6.30. The van der Waals surface area contributed by atoms with E-state index < -0.39 is 0 Å². The molecule has 3 aromatic heterocycles.